The summed E-state index contributed by atoms with van der Waals surface area (Å²) < 4.78 is 3.08. The van der Waals surface area contributed by atoms with E-state index in [1.807, 2.05) is 30.1 Å². The topological polar surface area (TPSA) is 29.9 Å². The van der Waals surface area contributed by atoms with Crippen molar-refractivity contribution in [3.8, 4) is 5.69 Å². The molecule has 2 aromatic rings. The minimum absolute atomic E-state index is 0.436. The number of likely N-dealkylation sites (N-methyl/N-ethyl adjacent to an activating group) is 1. The minimum Gasteiger partial charge on any atom is -0.319 e. The molecule has 0 radical (unpaired) electrons. The first-order valence-corrected chi connectivity index (χ1v) is 6.46. The first kappa shape index (κ1) is 12.3. The molecule has 17 heavy (non-hydrogen) atoms. The van der Waals surface area contributed by atoms with Crippen molar-refractivity contribution < 1.29 is 0 Å². The Morgan fingerprint density at radius 1 is 1.29 bits per heavy atom. The minimum atomic E-state index is 0.436. The van der Waals surface area contributed by atoms with Crippen LogP contribution in [0.3, 0.4) is 0 Å². The van der Waals surface area contributed by atoms with Crippen LogP contribution < -0.4 is 5.32 Å². The summed E-state index contributed by atoms with van der Waals surface area (Å²) in [5.74, 6) is 0.436. The number of aromatic nitrogens is 2. The van der Waals surface area contributed by atoms with Gasteiger partial charge in [-0.05, 0) is 37.4 Å². The van der Waals surface area contributed by atoms with Crippen LogP contribution in [0, 0.1) is 0 Å². The van der Waals surface area contributed by atoms with Crippen molar-refractivity contribution in [3.63, 3.8) is 0 Å². The number of nitrogens with zero attached hydrogens (tertiary/aromatic N) is 2. The van der Waals surface area contributed by atoms with Gasteiger partial charge in [-0.2, -0.15) is 5.10 Å². The maximum absolute atomic E-state index is 4.39. The fourth-order valence-corrected chi connectivity index (χ4v) is 2.16. The molecule has 0 saturated heterocycles. The highest BCUT2D eigenvalue weighted by molar-refractivity contribution is 9.10. The highest BCUT2D eigenvalue weighted by atomic mass is 79.9. The van der Waals surface area contributed by atoms with Gasteiger partial charge < -0.3 is 5.32 Å². The van der Waals surface area contributed by atoms with E-state index in [4.69, 9.17) is 0 Å². The second-order valence-electron chi connectivity index (χ2n) is 4.10. The van der Waals surface area contributed by atoms with Gasteiger partial charge in [-0.1, -0.05) is 22.9 Å². The first-order valence-electron chi connectivity index (χ1n) is 5.67. The average Bonchev–Trinajstić information content (AvgIpc) is 2.79. The second-order valence-corrected chi connectivity index (χ2v) is 5.02. The summed E-state index contributed by atoms with van der Waals surface area (Å²) in [6.45, 7) is 3.14. The SMILES string of the molecule is CNCC(C)c1ccnn1-c1ccc(Br)cc1. The van der Waals surface area contributed by atoms with Gasteiger partial charge in [0.1, 0.15) is 0 Å². The summed E-state index contributed by atoms with van der Waals surface area (Å²) in [4.78, 5) is 0. The molecule has 0 saturated carbocycles. The molecule has 1 heterocycles. The predicted octanol–water partition coefficient (Wildman–Crippen LogP) is 2.96. The van der Waals surface area contributed by atoms with Gasteiger partial charge in [0.25, 0.3) is 0 Å². The van der Waals surface area contributed by atoms with Crippen LogP contribution in [0.25, 0.3) is 5.69 Å². The molecule has 0 spiro atoms. The van der Waals surface area contributed by atoms with E-state index < -0.39 is 0 Å². The monoisotopic (exact) mass is 293 g/mol. The van der Waals surface area contributed by atoms with Gasteiger partial charge in [-0.3, -0.25) is 0 Å². The number of benzene rings is 1. The summed E-state index contributed by atoms with van der Waals surface area (Å²) in [6.07, 6.45) is 1.85. The smallest absolute Gasteiger partial charge is 0.0649 e. The number of nitrogens with one attached hydrogen (secondary N) is 1. The maximum atomic E-state index is 4.39. The van der Waals surface area contributed by atoms with E-state index in [1.165, 1.54) is 5.69 Å². The number of rotatable bonds is 4. The van der Waals surface area contributed by atoms with Crippen molar-refractivity contribution >= 4 is 15.9 Å². The van der Waals surface area contributed by atoms with E-state index in [0.29, 0.717) is 5.92 Å². The van der Waals surface area contributed by atoms with Gasteiger partial charge in [0, 0.05) is 28.8 Å². The van der Waals surface area contributed by atoms with Crippen LogP contribution in [0.4, 0.5) is 0 Å². The highest BCUT2D eigenvalue weighted by Gasteiger charge is 2.11. The fraction of sp³-hybridized carbons (Fsp3) is 0.308. The third-order valence-corrected chi connectivity index (χ3v) is 3.29. The second kappa shape index (κ2) is 5.47. The third kappa shape index (κ3) is 2.76. The van der Waals surface area contributed by atoms with E-state index in [2.05, 4.69) is 51.5 Å². The van der Waals surface area contributed by atoms with E-state index in [0.717, 1.165) is 16.7 Å². The molecule has 0 bridgehead atoms. The van der Waals surface area contributed by atoms with Gasteiger partial charge in [0.05, 0.1) is 5.69 Å². The summed E-state index contributed by atoms with van der Waals surface area (Å²) in [5.41, 5.74) is 2.32. The Morgan fingerprint density at radius 3 is 2.65 bits per heavy atom. The lowest BCUT2D eigenvalue weighted by atomic mass is 10.1. The molecule has 0 amide bonds. The third-order valence-electron chi connectivity index (χ3n) is 2.76. The summed E-state index contributed by atoms with van der Waals surface area (Å²) in [5, 5.41) is 7.59. The zero-order chi connectivity index (χ0) is 12.3. The van der Waals surface area contributed by atoms with E-state index in [-0.39, 0.29) is 0 Å². The fourth-order valence-electron chi connectivity index (χ4n) is 1.90. The molecule has 1 aromatic heterocycles. The summed E-state index contributed by atoms with van der Waals surface area (Å²) in [6, 6.07) is 10.3. The number of halogens is 1. The molecule has 2 rings (SSSR count). The van der Waals surface area contributed by atoms with Crippen molar-refractivity contribution in [2.45, 2.75) is 12.8 Å². The van der Waals surface area contributed by atoms with Crippen molar-refractivity contribution in [1.82, 2.24) is 15.1 Å². The van der Waals surface area contributed by atoms with Crippen molar-refractivity contribution in [2.24, 2.45) is 0 Å². The van der Waals surface area contributed by atoms with Crippen LogP contribution >= 0.6 is 15.9 Å². The zero-order valence-electron chi connectivity index (χ0n) is 10.0. The maximum Gasteiger partial charge on any atom is 0.0649 e. The molecule has 4 heteroatoms. The van der Waals surface area contributed by atoms with Gasteiger partial charge in [-0.15, -0.1) is 0 Å². The van der Waals surface area contributed by atoms with Crippen LogP contribution in [0.2, 0.25) is 0 Å². The van der Waals surface area contributed by atoms with Crippen molar-refractivity contribution in [1.29, 1.82) is 0 Å². The van der Waals surface area contributed by atoms with Crippen LogP contribution in [-0.4, -0.2) is 23.4 Å². The lowest BCUT2D eigenvalue weighted by Crippen LogP contribution is -2.17. The summed E-state index contributed by atoms with van der Waals surface area (Å²) >= 11 is 3.44. The highest BCUT2D eigenvalue weighted by Crippen LogP contribution is 2.19. The summed E-state index contributed by atoms with van der Waals surface area (Å²) in [7, 11) is 1.97. The molecule has 0 fully saturated rings. The molecule has 0 aliphatic carbocycles. The van der Waals surface area contributed by atoms with Gasteiger partial charge >= 0.3 is 0 Å². The number of hydrogen-bond donors (Lipinski definition) is 1. The molecule has 0 aliphatic heterocycles. The van der Waals surface area contributed by atoms with E-state index >= 15 is 0 Å². The average molecular weight is 294 g/mol. The Bertz CT molecular complexity index is 476. The quantitative estimate of drug-likeness (QED) is 0.939. The molecule has 90 valence electrons. The Labute approximate surface area is 110 Å². The predicted molar refractivity (Wildman–Crippen MR) is 73.6 cm³/mol. The molecule has 1 unspecified atom stereocenters. The normalized spacial score (nSPS) is 12.6. The van der Waals surface area contributed by atoms with Gasteiger partial charge in [0.2, 0.25) is 0 Å². The Kier molecular flexibility index (Phi) is 3.97. The Morgan fingerprint density at radius 2 is 2.00 bits per heavy atom. The molecule has 0 aliphatic rings. The molecule has 1 atom stereocenters. The first-order chi connectivity index (χ1) is 8.22. The van der Waals surface area contributed by atoms with Crippen molar-refractivity contribution in [2.75, 3.05) is 13.6 Å². The van der Waals surface area contributed by atoms with E-state index in [1.54, 1.807) is 0 Å². The Balaban J connectivity index is 2.33. The lowest BCUT2D eigenvalue weighted by molar-refractivity contribution is 0.633. The van der Waals surface area contributed by atoms with E-state index in [9.17, 15) is 0 Å². The van der Waals surface area contributed by atoms with Crippen molar-refractivity contribution in [3.05, 3.63) is 46.7 Å². The van der Waals surface area contributed by atoms with Crippen LogP contribution in [0.5, 0.6) is 0 Å². The standard InChI is InChI=1S/C13H16BrN3/c1-10(9-15-2)13-7-8-16-17(13)12-5-3-11(14)4-6-12/h3-8,10,15H,9H2,1-2H3. The molecule has 1 N–H and O–H groups in total. The molecular weight excluding hydrogens is 278 g/mol. The zero-order valence-corrected chi connectivity index (χ0v) is 11.6. The van der Waals surface area contributed by atoms with Gasteiger partial charge in [0.15, 0.2) is 0 Å². The van der Waals surface area contributed by atoms with Gasteiger partial charge in [-0.25, -0.2) is 4.68 Å². The molecular formula is C13H16BrN3. The lowest BCUT2D eigenvalue weighted by Gasteiger charge is -2.13. The Hall–Kier alpha value is -1.13. The van der Waals surface area contributed by atoms with Crippen LogP contribution in [0.15, 0.2) is 41.0 Å². The van der Waals surface area contributed by atoms with Crippen LogP contribution in [-0.2, 0) is 0 Å². The largest absolute Gasteiger partial charge is 0.319 e. The number of hydrogen-bond acceptors (Lipinski definition) is 2. The molecule has 3 nitrogen and oxygen atoms in total. The molecule has 1 aromatic carbocycles. The van der Waals surface area contributed by atoms with Crippen LogP contribution in [0.1, 0.15) is 18.5 Å².